The first-order chi connectivity index (χ1) is 14.6. The Morgan fingerprint density at radius 2 is 0.833 bits per heavy atom. The van der Waals surface area contributed by atoms with Crippen LogP contribution in [0.15, 0.2) is 24.3 Å². The van der Waals surface area contributed by atoms with Crippen molar-refractivity contribution < 1.29 is 0 Å². The van der Waals surface area contributed by atoms with Gasteiger partial charge in [-0.3, -0.25) is 0 Å². The lowest BCUT2D eigenvalue weighted by molar-refractivity contribution is -0.0216. The van der Waals surface area contributed by atoms with Crippen molar-refractivity contribution in [3.63, 3.8) is 0 Å². The lowest BCUT2D eigenvalue weighted by atomic mass is 9.53. The summed E-state index contributed by atoms with van der Waals surface area (Å²) >= 11 is 0. The van der Waals surface area contributed by atoms with Crippen LogP contribution in [-0.4, -0.2) is 11.1 Å². The van der Waals surface area contributed by atoms with E-state index in [0.29, 0.717) is 11.1 Å². The minimum Gasteiger partial charge on any atom is -0.307 e. The number of benzene rings is 1. The van der Waals surface area contributed by atoms with Crippen LogP contribution in [0, 0.1) is 35.5 Å². The van der Waals surface area contributed by atoms with Gasteiger partial charge < -0.3 is 10.6 Å². The van der Waals surface area contributed by atoms with Crippen LogP contribution in [0.1, 0.15) is 88.2 Å². The molecule has 8 aliphatic carbocycles. The Kier molecular flexibility index (Phi) is 4.25. The molecule has 0 radical (unpaired) electrons. The summed E-state index contributed by atoms with van der Waals surface area (Å²) in [6.07, 6.45) is 17.9. The molecule has 8 saturated carbocycles. The minimum absolute atomic E-state index is 0.467. The largest absolute Gasteiger partial charge is 0.307 e. The van der Waals surface area contributed by atoms with Crippen LogP contribution < -0.4 is 10.6 Å². The smallest absolute Gasteiger partial charge is 0.0213 e. The molecule has 2 heteroatoms. The van der Waals surface area contributed by atoms with Crippen LogP contribution in [0.5, 0.6) is 0 Å². The van der Waals surface area contributed by atoms with E-state index in [1.165, 1.54) is 77.0 Å². The van der Waals surface area contributed by atoms with Crippen molar-refractivity contribution in [3.05, 3.63) is 35.4 Å². The fraction of sp³-hybridized carbons (Fsp3) is 0.786. The summed E-state index contributed by atoms with van der Waals surface area (Å²) in [6.45, 7) is 2.15. The Bertz CT molecular complexity index is 673. The molecule has 162 valence electrons. The zero-order valence-corrected chi connectivity index (χ0v) is 18.7. The van der Waals surface area contributed by atoms with Crippen molar-refractivity contribution in [2.75, 3.05) is 0 Å². The van der Waals surface area contributed by atoms with Crippen molar-refractivity contribution >= 4 is 0 Å². The number of hydrogen-bond acceptors (Lipinski definition) is 2. The third-order valence-electron chi connectivity index (χ3n) is 10.5. The molecule has 0 saturated heterocycles. The first kappa shape index (κ1) is 18.7. The molecule has 8 aliphatic rings. The fourth-order valence-corrected chi connectivity index (χ4v) is 10.1. The molecule has 8 fully saturated rings. The van der Waals surface area contributed by atoms with Gasteiger partial charge in [0.1, 0.15) is 0 Å². The van der Waals surface area contributed by atoms with E-state index in [2.05, 4.69) is 34.9 Å². The number of hydrogen-bond donors (Lipinski definition) is 2. The molecule has 8 bridgehead atoms. The van der Waals surface area contributed by atoms with Gasteiger partial charge in [0.2, 0.25) is 0 Å². The molecule has 0 spiro atoms. The SMILES string of the molecule is c1ccc(CNC23CC4CC(CC(C4)C2)C3)c(CNC23CC4CC(CC(C4)C2)C3)c1. The van der Waals surface area contributed by atoms with Crippen LogP contribution in [-0.2, 0) is 13.1 Å². The average molecular weight is 405 g/mol. The van der Waals surface area contributed by atoms with Crippen LogP contribution in [0.2, 0.25) is 0 Å². The molecule has 1 aromatic carbocycles. The second-order valence-electron chi connectivity index (χ2n) is 12.9. The maximum Gasteiger partial charge on any atom is 0.0213 e. The summed E-state index contributed by atoms with van der Waals surface area (Å²) in [7, 11) is 0. The highest BCUT2D eigenvalue weighted by atomic mass is 15.0. The molecule has 0 aromatic heterocycles. The Hall–Kier alpha value is -0.860. The van der Waals surface area contributed by atoms with E-state index >= 15 is 0 Å². The van der Waals surface area contributed by atoms with Crippen molar-refractivity contribution in [3.8, 4) is 0 Å². The van der Waals surface area contributed by atoms with Crippen molar-refractivity contribution in [2.24, 2.45) is 35.5 Å². The Morgan fingerprint density at radius 1 is 0.533 bits per heavy atom. The summed E-state index contributed by atoms with van der Waals surface area (Å²) in [6, 6.07) is 9.30. The topological polar surface area (TPSA) is 24.1 Å². The molecular formula is C28H40N2. The molecule has 0 atom stereocenters. The van der Waals surface area contributed by atoms with Gasteiger partial charge in [0.15, 0.2) is 0 Å². The summed E-state index contributed by atoms with van der Waals surface area (Å²) in [5, 5.41) is 8.30. The molecule has 0 heterocycles. The predicted molar refractivity (Wildman–Crippen MR) is 122 cm³/mol. The first-order valence-electron chi connectivity index (χ1n) is 13.2. The molecule has 2 nitrogen and oxygen atoms in total. The molecule has 1 aromatic rings. The number of nitrogens with one attached hydrogen (secondary N) is 2. The van der Waals surface area contributed by atoms with Crippen LogP contribution in [0.25, 0.3) is 0 Å². The van der Waals surface area contributed by atoms with Crippen LogP contribution in [0.4, 0.5) is 0 Å². The van der Waals surface area contributed by atoms with Crippen molar-refractivity contribution in [1.29, 1.82) is 0 Å². The van der Waals surface area contributed by atoms with Gasteiger partial charge in [0.05, 0.1) is 0 Å². The van der Waals surface area contributed by atoms with Gasteiger partial charge in [0.25, 0.3) is 0 Å². The predicted octanol–water partition coefficient (Wildman–Crippen LogP) is 5.80. The lowest BCUT2D eigenvalue weighted by Gasteiger charge is -2.57. The maximum atomic E-state index is 4.15. The average Bonchev–Trinajstić information content (AvgIpc) is 2.69. The second kappa shape index (κ2) is 6.82. The van der Waals surface area contributed by atoms with Crippen molar-refractivity contribution in [2.45, 2.75) is 101 Å². The highest BCUT2D eigenvalue weighted by molar-refractivity contribution is 5.28. The zero-order chi connectivity index (χ0) is 19.8. The molecule has 30 heavy (non-hydrogen) atoms. The normalized spacial score (nSPS) is 47.9. The van der Waals surface area contributed by atoms with E-state index in [1.807, 2.05) is 0 Å². The van der Waals surface area contributed by atoms with Gasteiger partial charge in [-0.1, -0.05) is 24.3 Å². The molecular weight excluding hydrogens is 364 g/mol. The Balaban J connectivity index is 1.04. The standard InChI is InChI=1S/C28H40N2/c1-2-4-26(18-30-28-14-22-8-23(15-28)10-24(9-22)16-28)25(3-1)17-29-27-11-19-5-20(12-27)7-21(6-19)13-27/h1-4,19-24,29-30H,5-18H2. The van der Waals surface area contributed by atoms with E-state index in [0.717, 1.165) is 48.6 Å². The minimum atomic E-state index is 0.467. The summed E-state index contributed by atoms with van der Waals surface area (Å²) in [5.74, 6) is 6.15. The zero-order valence-electron chi connectivity index (χ0n) is 18.7. The summed E-state index contributed by atoms with van der Waals surface area (Å²) < 4.78 is 0. The summed E-state index contributed by atoms with van der Waals surface area (Å²) in [4.78, 5) is 0. The Labute approximate surface area is 183 Å². The van der Waals surface area contributed by atoms with E-state index in [1.54, 1.807) is 11.1 Å². The van der Waals surface area contributed by atoms with Gasteiger partial charge >= 0.3 is 0 Å². The monoisotopic (exact) mass is 404 g/mol. The second-order valence-corrected chi connectivity index (χ2v) is 12.9. The van der Waals surface area contributed by atoms with E-state index in [-0.39, 0.29) is 0 Å². The van der Waals surface area contributed by atoms with E-state index in [9.17, 15) is 0 Å². The van der Waals surface area contributed by atoms with Crippen LogP contribution >= 0.6 is 0 Å². The third-order valence-corrected chi connectivity index (χ3v) is 10.5. The van der Waals surface area contributed by atoms with Gasteiger partial charge in [-0.25, -0.2) is 0 Å². The maximum absolute atomic E-state index is 4.15. The highest BCUT2D eigenvalue weighted by Crippen LogP contribution is 2.56. The van der Waals surface area contributed by atoms with Crippen LogP contribution in [0.3, 0.4) is 0 Å². The van der Waals surface area contributed by atoms with E-state index < -0.39 is 0 Å². The molecule has 0 amide bonds. The number of rotatable bonds is 6. The van der Waals surface area contributed by atoms with E-state index in [4.69, 9.17) is 0 Å². The van der Waals surface area contributed by atoms with Gasteiger partial charge in [-0.05, 0) is 124 Å². The molecule has 0 aliphatic heterocycles. The Morgan fingerprint density at radius 3 is 1.13 bits per heavy atom. The highest BCUT2D eigenvalue weighted by Gasteiger charge is 2.51. The summed E-state index contributed by atoms with van der Waals surface area (Å²) in [5.41, 5.74) is 4.03. The quantitative estimate of drug-likeness (QED) is 0.626. The van der Waals surface area contributed by atoms with Gasteiger partial charge in [-0.15, -0.1) is 0 Å². The van der Waals surface area contributed by atoms with Gasteiger partial charge in [-0.2, -0.15) is 0 Å². The first-order valence-corrected chi connectivity index (χ1v) is 13.2. The molecule has 0 unspecified atom stereocenters. The van der Waals surface area contributed by atoms with Crippen molar-refractivity contribution in [1.82, 2.24) is 10.6 Å². The molecule has 2 N–H and O–H groups in total. The molecule has 9 rings (SSSR count). The third kappa shape index (κ3) is 3.20. The van der Waals surface area contributed by atoms with Gasteiger partial charge in [0, 0.05) is 24.2 Å². The lowest BCUT2D eigenvalue weighted by Crippen LogP contribution is -2.58. The fourth-order valence-electron chi connectivity index (χ4n) is 10.1.